The lowest BCUT2D eigenvalue weighted by Crippen LogP contribution is -2.47. The average Bonchev–Trinajstić information content (AvgIpc) is 2.74. The number of hydrogen-bond donors (Lipinski definition) is 0. The number of carbonyl (C=O) groups excluding carboxylic acids is 1. The number of nitrogens with zero attached hydrogens (tertiary/aromatic N) is 3. The zero-order chi connectivity index (χ0) is 21.0. The van der Waals surface area contributed by atoms with E-state index in [2.05, 4.69) is 19.9 Å². The molecule has 0 atom stereocenters. The molecule has 1 amide bonds. The molecule has 29 heavy (non-hydrogen) atoms. The van der Waals surface area contributed by atoms with E-state index in [0.717, 1.165) is 23.0 Å². The van der Waals surface area contributed by atoms with Gasteiger partial charge in [-0.05, 0) is 43.7 Å². The summed E-state index contributed by atoms with van der Waals surface area (Å²) in [7, 11) is -3.18. The Hall–Kier alpha value is -1.38. The lowest BCUT2D eigenvalue weighted by atomic mass is 9.96. The predicted octanol–water partition coefficient (Wildman–Crippen LogP) is 3.82. The van der Waals surface area contributed by atoms with Crippen molar-refractivity contribution < 1.29 is 13.2 Å². The lowest BCUT2D eigenvalue weighted by molar-refractivity contribution is -0.132. The van der Waals surface area contributed by atoms with Crippen molar-refractivity contribution in [1.82, 2.24) is 9.21 Å². The van der Waals surface area contributed by atoms with Crippen molar-refractivity contribution in [1.29, 1.82) is 0 Å². The molecule has 0 radical (unpaired) electrons. The van der Waals surface area contributed by atoms with E-state index in [1.165, 1.54) is 9.87 Å². The van der Waals surface area contributed by atoms with Crippen LogP contribution in [0, 0.1) is 5.92 Å². The van der Waals surface area contributed by atoms with E-state index < -0.39 is 10.0 Å². The van der Waals surface area contributed by atoms with Gasteiger partial charge < -0.3 is 0 Å². The first kappa shape index (κ1) is 22.3. The highest BCUT2D eigenvalue weighted by Gasteiger charge is 2.34. The lowest BCUT2D eigenvalue weighted by Gasteiger charge is -2.35. The normalized spacial score (nSPS) is 21.1. The van der Waals surface area contributed by atoms with Gasteiger partial charge in [-0.1, -0.05) is 43.8 Å². The number of para-hydroxylation sites is 1. The third-order valence-corrected chi connectivity index (χ3v) is 8.53. The number of piperidine rings is 1. The summed E-state index contributed by atoms with van der Waals surface area (Å²) in [5, 5.41) is 0.776. The fraction of sp³-hybridized carbons (Fsp3) is 0.619. The fourth-order valence-electron chi connectivity index (χ4n) is 3.82. The number of thioether (sulfide) groups is 1. The Kier molecular flexibility index (Phi) is 7.40. The molecule has 0 unspecified atom stereocenters. The quantitative estimate of drug-likeness (QED) is 0.702. The maximum Gasteiger partial charge on any atom is 0.231 e. The Morgan fingerprint density at radius 2 is 1.90 bits per heavy atom. The van der Waals surface area contributed by atoms with Gasteiger partial charge >= 0.3 is 0 Å². The van der Waals surface area contributed by atoms with Crippen LogP contribution in [-0.4, -0.2) is 59.8 Å². The maximum atomic E-state index is 13.3. The largest absolute Gasteiger partial charge is 0.291 e. The highest BCUT2D eigenvalue weighted by Crippen LogP contribution is 2.31. The second-order valence-corrected chi connectivity index (χ2v) is 11.2. The molecule has 1 aromatic carbocycles. The second-order valence-electron chi connectivity index (χ2n) is 7.87. The van der Waals surface area contributed by atoms with Gasteiger partial charge in [-0.2, -0.15) is 0 Å². The molecule has 0 spiro atoms. The van der Waals surface area contributed by atoms with Crippen molar-refractivity contribution in [2.45, 2.75) is 46.0 Å². The van der Waals surface area contributed by atoms with Crippen LogP contribution in [0.25, 0.3) is 0 Å². The van der Waals surface area contributed by atoms with Gasteiger partial charge in [-0.25, -0.2) is 17.7 Å². The molecule has 8 heteroatoms. The van der Waals surface area contributed by atoms with E-state index in [1.807, 2.05) is 23.1 Å². The molecule has 2 heterocycles. The van der Waals surface area contributed by atoms with Crippen molar-refractivity contribution in [2.75, 3.05) is 31.1 Å². The van der Waals surface area contributed by atoms with E-state index in [4.69, 9.17) is 4.99 Å². The van der Waals surface area contributed by atoms with Gasteiger partial charge in [0.15, 0.2) is 5.17 Å². The summed E-state index contributed by atoms with van der Waals surface area (Å²) in [6.07, 6.45) is 2.11. The van der Waals surface area contributed by atoms with E-state index in [1.54, 1.807) is 18.7 Å². The van der Waals surface area contributed by atoms with Crippen molar-refractivity contribution in [3.63, 3.8) is 0 Å². The fourth-order valence-corrected chi connectivity index (χ4v) is 5.91. The van der Waals surface area contributed by atoms with E-state index in [0.29, 0.717) is 38.4 Å². The van der Waals surface area contributed by atoms with Crippen molar-refractivity contribution in [3.8, 4) is 0 Å². The SMILES string of the molecule is CCS(=O)(=O)N1CCC(C(=O)N2CCCSC2=Nc2ccccc2C(C)C)CC1. The standard InChI is InChI=1S/C21H31N3O3S2/c1-4-29(26,27)23-13-10-17(11-14-23)20(25)24-12-7-15-28-21(24)22-19-9-6-5-8-18(19)16(2)3/h5-6,8-9,16-17H,4,7,10-15H2,1-3H3. The molecule has 2 saturated heterocycles. The molecule has 0 saturated carbocycles. The highest BCUT2D eigenvalue weighted by atomic mass is 32.2. The smallest absolute Gasteiger partial charge is 0.231 e. The Morgan fingerprint density at radius 1 is 1.21 bits per heavy atom. The Bertz CT molecular complexity index is 860. The summed E-state index contributed by atoms with van der Waals surface area (Å²) >= 11 is 1.64. The molecule has 2 aliphatic heterocycles. The van der Waals surface area contributed by atoms with Gasteiger partial charge in [-0.15, -0.1) is 0 Å². The van der Waals surface area contributed by atoms with Gasteiger partial charge in [0.1, 0.15) is 0 Å². The third-order valence-electron chi connectivity index (χ3n) is 5.59. The van der Waals surface area contributed by atoms with Crippen molar-refractivity contribution in [2.24, 2.45) is 10.9 Å². The number of rotatable bonds is 5. The van der Waals surface area contributed by atoms with Crippen molar-refractivity contribution in [3.05, 3.63) is 29.8 Å². The van der Waals surface area contributed by atoms with E-state index in [-0.39, 0.29) is 17.6 Å². The molecule has 3 rings (SSSR count). The number of aliphatic imine (C=N–C) groups is 1. The van der Waals surface area contributed by atoms with Gasteiger partial charge in [-0.3, -0.25) is 9.69 Å². The summed E-state index contributed by atoms with van der Waals surface area (Å²) in [4.78, 5) is 20.0. The van der Waals surface area contributed by atoms with Gasteiger partial charge in [0.25, 0.3) is 0 Å². The van der Waals surface area contributed by atoms with Crippen LogP contribution in [0.5, 0.6) is 0 Å². The second kappa shape index (κ2) is 9.62. The number of hydrogen-bond acceptors (Lipinski definition) is 5. The number of carbonyl (C=O) groups is 1. The Labute approximate surface area is 178 Å². The summed E-state index contributed by atoms with van der Waals surface area (Å²) in [5.41, 5.74) is 2.10. The zero-order valence-corrected chi connectivity index (χ0v) is 19.1. The zero-order valence-electron chi connectivity index (χ0n) is 17.5. The van der Waals surface area contributed by atoms with E-state index >= 15 is 0 Å². The van der Waals surface area contributed by atoms with Crippen LogP contribution in [-0.2, 0) is 14.8 Å². The van der Waals surface area contributed by atoms with Crippen LogP contribution in [0.2, 0.25) is 0 Å². The van der Waals surface area contributed by atoms with E-state index in [9.17, 15) is 13.2 Å². The number of benzene rings is 1. The molecular weight excluding hydrogens is 406 g/mol. The van der Waals surface area contributed by atoms with Crippen LogP contribution in [0.3, 0.4) is 0 Å². The predicted molar refractivity (Wildman–Crippen MR) is 120 cm³/mol. The highest BCUT2D eigenvalue weighted by molar-refractivity contribution is 8.13. The molecule has 2 fully saturated rings. The summed E-state index contributed by atoms with van der Waals surface area (Å²) in [5.74, 6) is 1.38. The van der Waals surface area contributed by atoms with Crippen LogP contribution < -0.4 is 0 Å². The summed E-state index contributed by atoms with van der Waals surface area (Å²) < 4.78 is 25.7. The Morgan fingerprint density at radius 3 is 2.55 bits per heavy atom. The minimum absolute atomic E-state index is 0.0894. The molecule has 2 aliphatic rings. The third kappa shape index (κ3) is 5.22. The molecule has 0 aromatic heterocycles. The topological polar surface area (TPSA) is 70.1 Å². The minimum atomic E-state index is -3.18. The van der Waals surface area contributed by atoms with Gasteiger partial charge in [0.05, 0.1) is 11.4 Å². The molecule has 160 valence electrons. The molecule has 0 aliphatic carbocycles. The van der Waals surface area contributed by atoms with Crippen LogP contribution in [0.4, 0.5) is 5.69 Å². The first-order valence-electron chi connectivity index (χ1n) is 10.4. The monoisotopic (exact) mass is 437 g/mol. The first-order valence-corrected chi connectivity index (χ1v) is 13.0. The van der Waals surface area contributed by atoms with Crippen molar-refractivity contribution >= 4 is 38.5 Å². The molecular formula is C21H31N3O3S2. The minimum Gasteiger partial charge on any atom is -0.291 e. The number of amides is 1. The average molecular weight is 438 g/mol. The molecule has 6 nitrogen and oxygen atoms in total. The van der Waals surface area contributed by atoms with Crippen LogP contribution in [0.15, 0.2) is 29.3 Å². The van der Waals surface area contributed by atoms with Crippen LogP contribution >= 0.6 is 11.8 Å². The van der Waals surface area contributed by atoms with Gasteiger partial charge in [0.2, 0.25) is 15.9 Å². The molecule has 0 N–H and O–H groups in total. The molecule has 1 aromatic rings. The first-order chi connectivity index (χ1) is 13.8. The Balaban J connectivity index is 1.76. The summed E-state index contributed by atoms with van der Waals surface area (Å²) in [6, 6.07) is 8.10. The summed E-state index contributed by atoms with van der Waals surface area (Å²) in [6.45, 7) is 7.49. The van der Waals surface area contributed by atoms with Crippen LogP contribution in [0.1, 0.15) is 51.5 Å². The molecule has 0 bridgehead atoms. The van der Waals surface area contributed by atoms with Gasteiger partial charge in [0, 0.05) is 31.3 Å². The number of amidine groups is 1. The number of sulfonamides is 1. The maximum absolute atomic E-state index is 13.3.